The molecule has 0 spiro atoms. The van der Waals surface area contributed by atoms with Gasteiger partial charge in [-0.25, -0.2) is 0 Å². The minimum atomic E-state index is -4.42. The van der Waals surface area contributed by atoms with Crippen molar-refractivity contribution in [3.63, 3.8) is 0 Å². The number of alkyl halides is 4. The molecule has 0 saturated heterocycles. The molecule has 5 heteroatoms. The molecule has 0 aliphatic carbocycles. The van der Waals surface area contributed by atoms with Gasteiger partial charge in [0.1, 0.15) is 0 Å². The van der Waals surface area contributed by atoms with Crippen LogP contribution in [0.4, 0.5) is 13.2 Å². The Kier molecular flexibility index (Phi) is 3.43. The van der Waals surface area contributed by atoms with Crippen LogP contribution in [0, 0.1) is 0 Å². The first-order valence-corrected chi connectivity index (χ1v) is 6.88. The molecule has 1 aliphatic heterocycles. The predicted octanol–water partition coefficient (Wildman–Crippen LogP) is 4.88. The number of halogens is 4. The summed E-state index contributed by atoms with van der Waals surface area (Å²) < 4.78 is 43.1. The Morgan fingerprint density at radius 2 is 1.78 bits per heavy atom. The van der Waals surface area contributed by atoms with Gasteiger partial charge in [-0.2, -0.15) is 13.2 Å². The Labute approximate surface area is 118 Å². The van der Waals surface area contributed by atoms with E-state index in [0.717, 1.165) is 6.42 Å². The molecule has 0 saturated carbocycles. The van der Waals surface area contributed by atoms with Crippen molar-refractivity contribution in [1.29, 1.82) is 0 Å². The van der Waals surface area contributed by atoms with Gasteiger partial charge in [0.25, 0.3) is 0 Å². The van der Waals surface area contributed by atoms with E-state index in [0.29, 0.717) is 12.0 Å². The summed E-state index contributed by atoms with van der Waals surface area (Å²) in [5, 5.41) is 0. The van der Waals surface area contributed by atoms with E-state index in [4.69, 9.17) is 4.74 Å². The third kappa shape index (κ3) is 1.95. The molecule has 1 aromatic rings. The normalized spacial score (nSPS) is 31.4. The van der Waals surface area contributed by atoms with Gasteiger partial charge in [-0.15, -0.1) is 0 Å². The average molecular weight is 370 g/mol. The first kappa shape index (κ1) is 14.1. The number of fused-ring (bicyclic) bond motifs is 1. The highest BCUT2D eigenvalue weighted by atomic mass is 127. The summed E-state index contributed by atoms with van der Waals surface area (Å²) in [4.78, 5) is 0. The molecule has 1 aromatic carbocycles. The zero-order chi connectivity index (χ0) is 13.6. The van der Waals surface area contributed by atoms with E-state index in [9.17, 15) is 13.2 Å². The van der Waals surface area contributed by atoms with Crippen molar-refractivity contribution in [2.24, 2.45) is 0 Å². The first-order chi connectivity index (χ1) is 8.24. The molecule has 0 fully saturated rings. The Balaban J connectivity index is 2.59. The summed E-state index contributed by atoms with van der Waals surface area (Å²) in [6.45, 7) is 3.68. The maximum atomic E-state index is 13.3. The van der Waals surface area contributed by atoms with Crippen LogP contribution in [0.3, 0.4) is 0 Å². The van der Waals surface area contributed by atoms with Crippen molar-refractivity contribution in [3.05, 3.63) is 35.4 Å². The quantitative estimate of drug-likeness (QED) is 0.533. The van der Waals surface area contributed by atoms with Gasteiger partial charge in [0.05, 0.1) is 5.60 Å². The second-order valence-electron chi connectivity index (χ2n) is 4.72. The topological polar surface area (TPSA) is 9.23 Å². The Morgan fingerprint density at radius 3 is 2.28 bits per heavy atom. The van der Waals surface area contributed by atoms with Crippen LogP contribution in [-0.4, -0.2) is 6.18 Å². The molecule has 2 atom stereocenters. The number of hydrogen-bond acceptors (Lipinski definition) is 1. The van der Waals surface area contributed by atoms with Gasteiger partial charge >= 0.3 is 6.18 Å². The van der Waals surface area contributed by atoms with E-state index in [-0.39, 0.29) is 5.56 Å². The largest absolute Gasteiger partial charge is 0.431 e. The average Bonchev–Trinajstić information content (AvgIpc) is 2.50. The highest BCUT2D eigenvalue weighted by molar-refractivity contribution is 14.1. The van der Waals surface area contributed by atoms with Gasteiger partial charge in [0.15, 0.2) is 0 Å². The summed E-state index contributed by atoms with van der Waals surface area (Å²) in [7, 11) is 0. The molecule has 0 amide bonds. The van der Waals surface area contributed by atoms with Crippen molar-refractivity contribution in [3.8, 4) is 0 Å². The third-order valence-electron chi connectivity index (χ3n) is 3.30. The summed E-state index contributed by atoms with van der Waals surface area (Å²) in [6.07, 6.45) is -3.07. The zero-order valence-electron chi connectivity index (χ0n) is 10.1. The number of ether oxygens (including phenoxy) is 1. The van der Waals surface area contributed by atoms with Crippen molar-refractivity contribution in [2.75, 3.05) is 0 Å². The standard InChI is InChI=1S/C13H14F3IO/c1-3-8-11(2)9-6-4-5-7-10(9)12(17,18-11)13(14,15)16/h4-7H,3,8H2,1-2H3. The van der Waals surface area contributed by atoms with Crippen LogP contribution in [0.5, 0.6) is 0 Å². The molecule has 0 aromatic heterocycles. The van der Waals surface area contributed by atoms with E-state index in [2.05, 4.69) is 0 Å². The third-order valence-corrected chi connectivity index (χ3v) is 4.71. The lowest BCUT2D eigenvalue weighted by Gasteiger charge is -2.31. The van der Waals surface area contributed by atoms with Crippen LogP contribution in [0.2, 0.25) is 0 Å². The minimum Gasteiger partial charge on any atom is -0.341 e. The lowest BCUT2D eigenvalue weighted by atomic mass is 9.89. The van der Waals surface area contributed by atoms with E-state index in [1.54, 1.807) is 25.1 Å². The van der Waals surface area contributed by atoms with Gasteiger partial charge in [0.2, 0.25) is 3.61 Å². The molecule has 0 radical (unpaired) electrons. The van der Waals surface area contributed by atoms with Crippen molar-refractivity contribution >= 4 is 22.6 Å². The summed E-state index contributed by atoms with van der Waals surface area (Å²) >= 11 is 1.38. The predicted molar refractivity (Wildman–Crippen MR) is 71.5 cm³/mol. The lowest BCUT2D eigenvalue weighted by Crippen LogP contribution is -2.38. The fourth-order valence-corrected chi connectivity index (χ4v) is 3.47. The molecular formula is C13H14F3IO. The van der Waals surface area contributed by atoms with E-state index < -0.39 is 15.4 Å². The van der Waals surface area contributed by atoms with E-state index in [1.165, 1.54) is 28.7 Å². The van der Waals surface area contributed by atoms with E-state index in [1.807, 2.05) is 6.92 Å². The van der Waals surface area contributed by atoms with Crippen LogP contribution < -0.4 is 0 Å². The van der Waals surface area contributed by atoms with E-state index >= 15 is 0 Å². The molecule has 0 bridgehead atoms. The monoisotopic (exact) mass is 370 g/mol. The van der Waals surface area contributed by atoms with Crippen LogP contribution in [0.15, 0.2) is 24.3 Å². The van der Waals surface area contributed by atoms with Gasteiger partial charge in [-0.3, -0.25) is 0 Å². The molecule has 18 heavy (non-hydrogen) atoms. The van der Waals surface area contributed by atoms with Crippen molar-refractivity contribution < 1.29 is 17.9 Å². The maximum Gasteiger partial charge on any atom is 0.431 e. The summed E-state index contributed by atoms with van der Waals surface area (Å²) in [5.74, 6) is 0. The molecule has 1 heterocycles. The zero-order valence-corrected chi connectivity index (χ0v) is 12.3. The molecule has 2 unspecified atom stereocenters. The smallest absolute Gasteiger partial charge is 0.341 e. The van der Waals surface area contributed by atoms with Crippen molar-refractivity contribution in [1.82, 2.24) is 0 Å². The molecule has 2 rings (SSSR count). The summed E-state index contributed by atoms with van der Waals surface area (Å²) in [5.41, 5.74) is 0.0230. The molecule has 0 N–H and O–H groups in total. The molecule has 1 nitrogen and oxygen atoms in total. The van der Waals surface area contributed by atoms with Crippen LogP contribution in [0.25, 0.3) is 0 Å². The second kappa shape index (κ2) is 4.37. The first-order valence-electron chi connectivity index (χ1n) is 5.80. The van der Waals surface area contributed by atoms with Gasteiger partial charge < -0.3 is 4.74 Å². The number of benzene rings is 1. The molecular weight excluding hydrogens is 356 g/mol. The van der Waals surface area contributed by atoms with Crippen molar-refractivity contribution in [2.45, 2.75) is 42.1 Å². The summed E-state index contributed by atoms with van der Waals surface area (Å²) in [6, 6.07) is 6.63. The fourth-order valence-electron chi connectivity index (χ4n) is 2.52. The Hall–Kier alpha value is -0.300. The fraction of sp³-hybridized carbons (Fsp3) is 0.538. The minimum absolute atomic E-state index is 0.231. The maximum absolute atomic E-state index is 13.3. The van der Waals surface area contributed by atoms with Crippen LogP contribution in [-0.2, 0) is 13.9 Å². The highest BCUT2D eigenvalue weighted by Crippen LogP contribution is 2.59. The SMILES string of the molecule is CCCC1(C)OC(I)(C(F)(F)F)c2ccccc21. The number of rotatable bonds is 2. The second-order valence-corrected chi connectivity index (χ2v) is 6.24. The van der Waals surface area contributed by atoms with Gasteiger partial charge in [-0.05, 0) is 41.5 Å². The lowest BCUT2D eigenvalue weighted by molar-refractivity contribution is -0.256. The number of hydrogen-bond donors (Lipinski definition) is 0. The van der Waals surface area contributed by atoms with Gasteiger partial charge in [-0.1, -0.05) is 37.6 Å². The Bertz CT molecular complexity index is 460. The van der Waals surface area contributed by atoms with Crippen LogP contribution >= 0.6 is 22.6 Å². The van der Waals surface area contributed by atoms with Gasteiger partial charge in [0, 0.05) is 5.56 Å². The molecule has 1 aliphatic rings. The van der Waals surface area contributed by atoms with Crippen LogP contribution in [0.1, 0.15) is 37.8 Å². The Morgan fingerprint density at radius 1 is 1.22 bits per heavy atom. The highest BCUT2D eigenvalue weighted by Gasteiger charge is 2.63. The molecule has 100 valence electrons.